The molecule has 0 radical (unpaired) electrons. The minimum Gasteiger partial charge on any atom is -0.370 e. The highest BCUT2D eigenvalue weighted by atomic mass is 16.1. The number of carbonyl (C=O) groups excluding carboxylic acids is 1. The van der Waals surface area contributed by atoms with Crippen LogP contribution in [0.2, 0.25) is 0 Å². The number of nitrogens with zero attached hydrogens (tertiary/aromatic N) is 1. The van der Waals surface area contributed by atoms with E-state index in [4.69, 9.17) is 17.9 Å². The van der Waals surface area contributed by atoms with Crippen LogP contribution in [-0.2, 0) is 4.79 Å². The van der Waals surface area contributed by atoms with E-state index in [-0.39, 0.29) is 25.0 Å². The van der Waals surface area contributed by atoms with Crippen LogP contribution in [0.25, 0.3) is 0 Å². The highest BCUT2D eigenvalue weighted by molar-refractivity contribution is 5.83. The molecule has 0 aliphatic heterocycles. The first-order valence-electron chi connectivity index (χ1n) is 2.92. The molecule has 0 aromatic rings. The van der Waals surface area contributed by atoms with Gasteiger partial charge in [0, 0.05) is 0 Å². The normalized spacial score (nSPS) is 7.91. The molecule has 0 saturated carbocycles. The molecule has 0 aromatic heterocycles. The van der Waals surface area contributed by atoms with E-state index in [1.807, 2.05) is 0 Å². The fourth-order valence-electron chi connectivity index (χ4n) is 0.369. The minimum atomic E-state index is -0.295. The molecule has 5 N–H and O–H groups in total. The van der Waals surface area contributed by atoms with Crippen molar-refractivity contribution in [3.8, 4) is 12.3 Å². The van der Waals surface area contributed by atoms with Crippen LogP contribution >= 0.6 is 0 Å². The summed E-state index contributed by atoms with van der Waals surface area (Å²) in [6.07, 6.45) is 4.88. The summed E-state index contributed by atoms with van der Waals surface area (Å²) in [5, 5.41) is 2.39. The summed E-state index contributed by atoms with van der Waals surface area (Å²) >= 11 is 0. The predicted octanol–water partition coefficient (Wildman–Crippen LogP) is -1.99. The lowest BCUT2D eigenvalue weighted by atomic mass is 10.5. The van der Waals surface area contributed by atoms with Gasteiger partial charge in [-0.25, -0.2) is 4.99 Å². The van der Waals surface area contributed by atoms with Crippen molar-refractivity contribution in [3.05, 3.63) is 0 Å². The van der Waals surface area contributed by atoms with Gasteiger partial charge in [0.15, 0.2) is 5.96 Å². The molecule has 0 unspecified atom stereocenters. The van der Waals surface area contributed by atoms with E-state index in [2.05, 4.69) is 16.2 Å². The van der Waals surface area contributed by atoms with Crippen molar-refractivity contribution in [1.82, 2.24) is 5.32 Å². The first kappa shape index (κ1) is 9.30. The quantitative estimate of drug-likeness (QED) is 0.249. The number of rotatable bonds is 3. The van der Waals surface area contributed by atoms with E-state index in [1.54, 1.807) is 0 Å². The molecule has 5 heteroatoms. The summed E-state index contributed by atoms with van der Waals surface area (Å²) in [7, 11) is 0. The fraction of sp³-hybridized carbons (Fsp3) is 0.333. The van der Waals surface area contributed by atoms with Crippen LogP contribution in [0.4, 0.5) is 0 Å². The highest BCUT2D eigenvalue weighted by Crippen LogP contribution is 1.68. The third-order valence-corrected chi connectivity index (χ3v) is 0.793. The Morgan fingerprint density at radius 3 is 2.73 bits per heavy atom. The maximum atomic E-state index is 10.7. The number of aliphatic imine (C=N–C) groups is 1. The largest absolute Gasteiger partial charge is 0.370 e. The molecule has 60 valence electrons. The van der Waals surface area contributed by atoms with Gasteiger partial charge in [-0.2, -0.15) is 0 Å². The third-order valence-electron chi connectivity index (χ3n) is 0.793. The Kier molecular flexibility index (Phi) is 4.32. The number of hydrogen-bond acceptors (Lipinski definition) is 2. The molecule has 0 spiro atoms. The van der Waals surface area contributed by atoms with Gasteiger partial charge in [0.05, 0.1) is 6.54 Å². The monoisotopic (exact) mass is 154 g/mol. The molecule has 0 heterocycles. The lowest BCUT2D eigenvalue weighted by Crippen LogP contribution is -2.29. The van der Waals surface area contributed by atoms with E-state index in [9.17, 15) is 4.79 Å². The van der Waals surface area contributed by atoms with Crippen molar-refractivity contribution in [1.29, 1.82) is 0 Å². The topological polar surface area (TPSA) is 93.5 Å². The van der Waals surface area contributed by atoms with Crippen molar-refractivity contribution in [2.75, 3.05) is 13.1 Å². The molecule has 0 fully saturated rings. The van der Waals surface area contributed by atoms with Crippen LogP contribution in [0.5, 0.6) is 0 Å². The van der Waals surface area contributed by atoms with Crippen LogP contribution < -0.4 is 16.8 Å². The van der Waals surface area contributed by atoms with Crippen molar-refractivity contribution in [3.63, 3.8) is 0 Å². The average molecular weight is 154 g/mol. The molecule has 0 atom stereocenters. The molecule has 0 bridgehead atoms. The van der Waals surface area contributed by atoms with E-state index < -0.39 is 0 Å². The predicted molar refractivity (Wildman–Crippen MR) is 42.5 cm³/mol. The van der Waals surface area contributed by atoms with Gasteiger partial charge in [0.2, 0.25) is 5.91 Å². The number of guanidine groups is 1. The van der Waals surface area contributed by atoms with Gasteiger partial charge in [-0.1, -0.05) is 5.92 Å². The second-order valence-corrected chi connectivity index (χ2v) is 1.72. The van der Waals surface area contributed by atoms with E-state index in [0.29, 0.717) is 0 Å². The summed E-state index contributed by atoms with van der Waals surface area (Å²) < 4.78 is 0. The van der Waals surface area contributed by atoms with Crippen molar-refractivity contribution < 1.29 is 4.79 Å². The zero-order valence-electron chi connectivity index (χ0n) is 6.00. The Balaban J connectivity index is 3.55. The Hall–Kier alpha value is -1.70. The fourth-order valence-corrected chi connectivity index (χ4v) is 0.369. The number of hydrogen-bond donors (Lipinski definition) is 3. The number of nitrogens with two attached hydrogens (primary N) is 2. The molecule has 0 aliphatic carbocycles. The first-order valence-corrected chi connectivity index (χ1v) is 2.92. The molecule has 0 aromatic carbocycles. The van der Waals surface area contributed by atoms with Crippen molar-refractivity contribution in [2.45, 2.75) is 0 Å². The SMILES string of the molecule is C#CCNC(=O)CN=C(N)N. The Bertz CT molecular complexity index is 199. The minimum absolute atomic E-state index is 0.0794. The van der Waals surface area contributed by atoms with E-state index in [1.165, 1.54) is 0 Å². The summed E-state index contributed by atoms with van der Waals surface area (Å²) in [4.78, 5) is 14.2. The van der Waals surface area contributed by atoms with Gasteiger partial charge in [0.25, 0.3) is 0 Å². The smallest absolute Gasteiger partial charge is 0.242 e. The second-order valence-electron chi connectivity index (χ2n) is 1.72. The zero-order valence-corrected chi connectivity index (χ0v) is 6.00. The number of carbonyl (C=O) groups is 1. The molecular weight excluding hydrogens is 144 g/mol. The van der Waals surface area contributed by atoms with Gasteiger partial charge in [-0.3, -0.25) is 4.79 Å². The van der Waals surface area contributed by atoms with Crippen LogP contribution in [0.15, 0.2) is 4.99 Å². The lowest BCUT2D eigenvalue weighted by Gasteiger charge is -1.96. The van der Waals surface area contributed by atoms with Crippen LogP contribution in [0.1, 0.15) is 0 Å². The number of nitrogens with one attached hydrogen (secondary N) is 1. The van der Waals surface area contributed by atoms with Crippen molar-refractivity contribution in [2.24, 2.45) is 16.5 Å². The molecule has 11 heavy (non-hydrogen) atoms. The first-order chi connectivity index (χ1) is 5.16. The standard InChI is InChI=1S/C6H10N4O/c1-2-3-9-5(11)4-10-6(7)8/h1H,3-4H2,(H,9,11)(H4,7,8,10). The maximum absolute atomic E-state index is 10.7. The molecule has 0 aliphatic rings. The van der Waals surface area contributed by atoms with E-state index in [0.717, 1.165) is 0 Å². The Morgan fingerprint density at radius 1 is 1.64 bits per heavy atom. The lowest BCUT2D eigenvalue weighted by molar-refractivity contribution is -0.119. The van der Waals surface area contributed by atoms with Gasteiger partial charge >= 0.3 is 0 Å². The Labute approximate surface area is 64.8 Å². The number of terminal acetylenes is 1. The summed E-state index contributed by atoms with van der Waals surface area (Å²) in [6.45, 7) is 0.114. The molecule has 1 amide bonds. The second kappa shape index (κ2) is 5.11. The highest BCUT2D eigenvalue weighted by Gasteiger charge is 1.95. The molecule has 0 rings (SSSR count). The van der Waals surface area contributed by atoms with Gasteiger partial charge in [-0.05, 0) is 0 Å². The summed E-state index contributed by atoms with van der Waals surface area (Å²) in [6, 6.07) is 0. The summed E-state index contributed by atoms with van der Waals surface area (Å²) in [5.41, 5.74) is 9.95. The van der Waals surface area contributed by atoms with Crippen LogP contribution in [0.3, 0.4) is 0 Å². The van der Waals surface area contributed by atoms with Crippen molar-refractivity contribution >= 4 is 11.9 Å². The summed E-state index contributed by atoms with van der Waals surface area (Å²) in [5.74, 6) is 1.84. The molecule has 5 nitrogen and oxygen atoms in total. The number of amides is 1. The van der Waals surface area contributed by atoms with Gasteiger partial charge < -0.3 is 16.8 Å². The maximum Gasteiger partial charge on any atom is 0.242 e. The average Bonchev–Trinajstić information content (AvgIpc) is 1.97. The third kappa shape index (κ3) is 6.18. The molecular formula is C6H10N4O. The molecule has 0 saturated heterocycles. The van der Waals surface area contributed by atoms with E-state index >= 15 is 0 Å². The Morgan fingerprint density at radius 2 is 2.27 bits per heavy atom. The van der Waals surface area contributed by atoms with Crippen LogP contribution in [-0.4, -0.2) is 25.0 Å². The van der Waals surface area contributed by atoms with Gasteiger partial charge in [0.1, 0.15) is 6.54 Å². The zero-order chi connectivity index (χ0) is 8.69. The van der Waals surface area contributed by atoms with Gasteiger partial charge in [-0.15, -0.1) is 6.42 Å². The van der Waals surface area contributed by atoms with Crippen LogP contribution in [0, 0.1) is 12.3 Å².